The number of aromatic nitrogens is 1. The lowest BCUT2D eigenvalue weighted by atomic mass is 9.90. The van der Waals surface area contributed by atoms with Crippen molar-refractivity contribution in [3.8, 4) is 11.1 Å². The average Bonchev–Trinajstić information content (AvgIpc) is 2.55. The highest BCUT2D eigenvalue weighted by Crippen LogP contribution is 2.27. The van der Waals surface area contributed by atoms with Crippen LogP contribution in [0.3, 0.4) is 0 Å². The summed E-state index contributed by atoms with van der Waals surface area (Å²) in [6.07, 6.45) is 3.88. The molecule has 0 spiro atoms. The summed E-state index contributed by atoms with van der Waals surface area (Å²) in [6.45, 7) is 1.65. The molecule has 22 heavy (non-hydrogen) atoms. The van der Waals surface area contributed by atoms with Crippen LogP contribution in [0.15, 0.2) is 47.7 Å². The standard InChI is InChI=1S/C16H17FN4O/c1-16(10-22,21-15(18)19-2)12-3-4-14(17)13(9-12)11-5-7-20-8-6-11/h3-10H,1-2H3,(H3,18,19,21). The molecule has 0 saturated heterocycles. The highest BCUT2D eigenvalue weighted by molar-refractivity contribution is 5.84. The van der Waals surface area contributed by atoms with Gasteiger partial charge in [0.15, 0.2) is 5.96 Å². The fourth-order valence-electron chi connectivity index (χ4n) is 2.09. The van der Waals surface area contributed by atoms with Crippen molar-refractivity contribution in [2.45, 2.75) is 12.5 Å². The summed E-state index contributed by atoms with van der Waals surface area (Å²) < 4.78 is 14.1. The Kier molecular flexibility index (Phi) is 4.50. The van der Waals surface area contributed by atoms with Gasteiger partial charge in [0.1, 0.15) is 17.6 Å². The van der Waals surface area contributed by atoms with E-state index in [1.807, 2.05) is 0 Å². The first kappa shape index (κ1) is 15.6. The van der Waals surface area contributed by atoms with Crippen molar-refractivity contribution in [3.05, 3.63) is 54.1 Å². The number of nitrogens with zero attached hydrogens (tertiary/aromatic N) is 2. The normalized spacial score (nSPS) is 14.2. The van der Waals surface area contributed by atoms with E-state index in [1.165, 1.54) is 13.1 Å². The van der Waals surface area contributed by atoms with Crippen LogP contribution in [0, 0.1) is 5.82 Å². The topological polar surface area (TPSA) is 80.4 Å². The molecule has 1 heterocycles. The van der Waals surface area contributed by atoms with Gasteiger partial charge in [-0.15, -0.1) is 0 Å². The van der Waals surface area contributed by atoms with Gasteiger partial charge in [0.2, 0.25) is 0 Å². The van der Waals surface area contributed by atoms with E-state index in [-0.39, 0.29) is 11.8 Å². The fraction of sp³-hybridized carbons (Fsp3) is 0.188. The molecule has 0 amide bonds. The van der Waals surface area contributed by atoms with Crippen LogP contribution in [0.5, 0.6) is 0 Å². The molecule has 0 fully saturated rings. The lowest BCUT2D eigenvalue weighted by Crippen LogP contribution is -2.48. The van der Waals surface area contributed by atoms with Crippen LogP contribution in [0.1, 0.15) is 12.5 Å². The molecule has 1 aromatic heterocycles. The maximum atomic E-state index is 14.1. The Bertz CT molecular complexity index is 703. The first-order valence-electron chi connectivity index (χ1n) is 6.67. The molecule has 114 valence electrons. The second-order valence-electron chi connectivity index (χ2n) is 4.98. The molecule has 2 aromatic rings. The van der Waals surface area contributed by atoms with Gasteiger partial charge < -0.3 is 15.8 Å². The maximum Gasteiger partial charge on any atom is 0.189 e. The number of benzene rings is 1. The molecule has 0 aliphatic heterocycles. The maximum absolute atomic E-state index is 14.1. The van der Waals surface area contributed by atoms with Gasteiger partial charge in [-0.2, -0.15) is 0 Å². The Morgan fingerprint density at radius 2 is 2.05 bits per heavy atom. The molecular formula is C16H17FN4O. The number of aldehydes is 1. The van der Waals surface area contributed by atoms with Gasteiger partial charge in [-0.05, 0) is 42.3 Å². The van der Waals surface area contributed by atoms with Crippen LogP contribution in [-0.2, 0) is 10.3 Å². The van der Waals surface area contributed by atoms with Crippen LogP contribution in [0.2, 0.25) is 0 Å². The highest BCUT2D eigenvalue weighted by atomic mass is 19.1. The number of rotatable bonds is 4. The minimum absolute atomic E-state index is 0.129. The van der Waals surface area contributed by atoms with Crippen molar-refractivity contribution in [2.24, 2.45) is 10.7 Å². The molecular weight excluding hydrogens is 283 g/mol. The third-order valence-corrected chi connectivity index (χ3v) is 3.42. The summed E-state index contributed by atoms with van der Waals surface area (Å²) in [6, 6.07) is 7.90. The number of halogens is 1. The second kappa shape index (κ2) is 6.34. The first-order valence-corrected chi connectivity index (χ1v) is 6.67. The number of pyridine rings is 1. The van der Waals surface area contributed by atoms with Crippen molar-refractivity contribution >= 4 is 12.2 Å². The van der Waals surface area contributed by atoms with Crippen molar-refractivity contribution in [2.75, 3.05) is 7.05 Å². The monoisotopic (exact) mass is 300 g/mol. The minimum atomic E-state index is -1.10. The smallest absolute Gasteiger partial charge is 0.189 e. The molecule has 0 aliphatic carbocycles. The largest absolute Gasteiger partial charge is 0.370 e. The van der Waals surface area contributed by atoms with Crippen molar-refractivity contribution in [1.29, 1.82) is 0 Å². The fourth-order valence-corrected chi connectivity index (χ4v) is 2.09. The van der Waals surface area contributed by atoms with E-state index in [1.54, 1.807) is 43.6 Å². The molecule has 0 aliphatic rings. The van der Waals surface area contributed by atoms with E-state index in [0.717, 1.165) is 0 Å². The number of hydrogen-bond acceptors (Lipinski definition) is 3. The zero-order valence-electron chi connectivity index (χ0n) is 12.4. The van der Waals surface area contributed by atoms with E-state index < -0.39 is 5.54 Å². The van der Waals surface area contributed by atoms with Crippen LogP contribution in [0.4, 0.5) is 4.39 Å². The van der Waals surface area contributed by atoms with Gasteiger partial charge in [0.25, 0.3) is 0 Å². The summed E-state index contributed by atoms with van der Waals surface area (Å²) in [5.41, 5.74) is 6.21. The minimum Gasteiger partial charge on any atom is -0.370 e. The van der Waals surface area contributed by atoms with Gasteiger partial charge in [0.05, 0.1) is 0 Å². The number of carbonyl (C=O) groups excluding carboxylic acids is 1. The molecule has 6 heteroatoms. The molecule has 0 bridgehead atoms. The number of nitrogens with two attached hydrogens (primary N) is 1. The van der Waals surface area contributed by atoms with Gasteiger partial charge in [-0.3, -0.25) is 9.98 Å². The summed E-state index contributed by atoms with van der Waals surface area (Å²) in [5.74, 6) is -0.246. The highest BCUT2D eigenvalue weighted by Gasteiger charge is 2.27. The van der Waals surface area contributed by atoms with Gasteiger partial charge in [-0.1, -0.05) is 6.07 Å². The number of aliphatic imine (C=N–C) groups is 1. The Morgan fingerprint density at radius 1 is 1.36 bits per heavy atom. The Balaban J connectivity index is 2.50. The third kappa shape index (κ3) is 3.11. The van der Waals surface area contributed by atoms with Crippen LogP contribution in [-0.4, -0.2) is 24.3 Å². The first-order chi connectivity index (χ1) is 10.5. The quantitative estimate of drug-likeness (QED) is 0.513. The van der Waals surface area contributed by atoms with E-state index in [4.69, 9.17) is 5.73 Å². The Morgan fingerprint density at radius 3 is 2.64 bits per heavy atom. The molecule has 0 saturated carbocycles. The van der Waals surface area contributed by atoms with Crippen LogP contribution >= 0.6 is 0 Å². The predicted molar refractivity (Wildman–Crippen MR) is 83.7 cm³/mol. The number of guanidine groups is 1. The van der Waals surface area contributed by atoms with Crippen LogP contribution in [0.25, 0.3) is 11.1 Å². The Hall–Kier alpha value is -2.76. The zero-order chi connectivity index (χ0) is 16.2. The van der Waals surface area contributed by atoms with E-state index in [2.05, 4.69) is 15.3 Å². The Labute approximate surface area is 128 Å². The van der Waals surface area contributed by atoms with E-state index in [9.17, 15) is 9.18 Å². The molecule has 5 nitrogen and oxygen atoms in total. The molecule has 0 radical (unpaired) electrons. The van der Waals surface area contributed by atoms with Crippen molar-refractivity contribution < 1.29 is 9.18 Å². The van der Waals surface area contributed by atoms with Gasteiger partial charge in [-0.25, -0.2) is 4.39 Å². The summed E-state index contributed by atoms with van der Waals surface area (Å²) in [5, 5.41) is 2.83. The molecule has 2 rings (SSSR count). The van der Waals surface area contributed by atoms with Gasteiger partial charge in [0, 0.05) is 25.0 Å². The zero-order valence-corrected chi connectivity index (χ0v) is 12.4. The lowest BCUT2D eigenvalue weighted by molar-refractivity contribution is -0.112. The predicted octanol–water partition coefficient (Wildman–Crippen LogP) is 1.84. The summed E-state index contributed by atoms with van der Waals surface area (Å²) >= 11 is 0. The third-order valence-electron chi connectivity index (χ3n) is 3.42. The summed E-state index contributed by atoms with van der Waals surface area (Å²) in [4.78, 5) is 19.2. The summed E-state index contributed by atoms with van der Waals surface area (Å²) in [7, 11) is 1.51. The van der Waals surface area contributed by atoms with Crippen molar-refractivity contribution in [1.82, 2.24) is 10.3 Å². The number of nitrogens with one attached hydrogen (secondary N) is 1. The number of carbonyl (C=O) groups is 1. The van der Waals surface area contributed by atoms with Crippen molar-refractivity contribution in [3.63, 3.8) is 0 Å². The molecule has 3 N–H and O–H groups in total. The lowest BCUT2D eigenvalue weighted by Gasteiger charge is -2.26. The van der Waals surface area contributed by atoms with Crippen LogP contribution < -0.4 is 11.1 Å². The van der Waals surface area contributed by atoms with E-state index in [0.29, 0.717) is 23.0 Å². The molecule has 1 aromatic carbocycles. The van der Waals surface area contributed by atoms with E-state index >= 15 is 0 Å². The molecule has 1 atom stereocenters. The van der Waals surface area contributed by atoms with Gasteiger partial charge >= 0.3 is 0 Å². The number of hydrogen-bond donors (Lipinski definition) is 2. The average molecular weight is 300 g/mol. The SMILES string of the molecule is CN=C(N)NC(C)(C=O)c1ccc(F)c(-c2ccncc2)c1. The molecule has 1 unspecified atom stereocenters. The second-order valence-corrected chi connectivity index (χ2v) is 4.98.